The molecule has 0 radical (unpaired) electrons. The maximum atomic E-state index is 12.6. The lowest BCUT2D eigenvalue weighted by molar-refractivity contribution is -0.133. The van der Waals surface area contributed by atoms with Crippen molar-refractivity contribution in [2.75, 3.05) is 11.9 Å². The van der Waals surface area contributed by atoms with Gasteiger partial charge in [0.2, 0.25) is 5.91 Å². The molecule has 1 heterocycles. The summed E-state index contributed by atoms with van der Waals surface area (Å²) in [6, 6.07) is 7.03. The van der Waals surface area contributed by atoms with Gasteiger partial charge in [0, 0.05) is 5.69 Å². The first kappa shape index (κ1) is 19.9. The van der Waals surface area contributed by atoms with Crippen LogP contribution in [0, 0.1) is 0 Å². The van der Waals surface area contributed by atoms with E-state index in [2.05, 4.69) is 24.5 Å². The van der Waals surface area contributed by atoms with Crippen molar-refractivity contribution in [3.05, 3.63) is 29.8 Å². The fourth-order valence-electron chi connectivity index (χ4n) is 3.13. The second-order valence-electron chi connectivity index (χ2n) is 7.06. The molecule has 1 aromatic rings. The van der Waals surface area contributed by atoms with Gasteiger partial charge in [0.15, 0.2) is 0 Å². The molecule has 6 heteroatoms. The average Bonchev–Trinajstić information content (AvgIpc) is 2.83. The van der Waals surface area contributed by atoms with Crippen molar-refractivity contribution < 1.29 is 14.4 Å². The number of urea groups is 1. The molecule has 26 heavy (non-hydrogen) atoms. The third-order valence-corrected chi connectivity index (χ3v) is 4.82. The van der Waals surface area contributed by atoms with E-state index in [1.165, 1.54) is 5.56 Å². The summed E-state index contributed by atoms with van der Waals surface area (Å²) in [5.74, 6) is -0.705. The summed E-state index contributed by atoms with van der Waals surface area (Å²) >= 11 is 0. The first-order valence-electron chi connectivity index (χ1n) is 9.42. The van der Waals surface area contributed by atoms with Gasteiger partial charge in [-0.3, -0.25) is 14.5 Å². The maximum Gasteiger partial charge on any atom is 0.325 e. The van der Waals surface area contributed by atoms with Gasteiger partial charge in [0.05, 0.1) is 0 Å². The summed E-state index contributed by atoms with van der Waals surface area (Å²) in [6.07, 6.45) is 5.65. The quantitative estimate of drug-likeness (QED) is 0.523. The summed E-state index contributed by atoms with van der Waals surface area (Å²) in [4.78, 5) is 38.1. The molecule has 1 aliphatic heterocycles. The van der Waals surface area contributed by atoms with Crippen molar-refractivity contribution in [2.24, 2.45) is 0 Å². The molecule has 2 rings (SSSR count). The maximum absolute atomic E-state index is 12.6. The first-order valence-corrected chi connectivity index (χ1v) is 9.42. The second kappa shape index (κ2) is 8.83. The Balaban J connectivity index is 1.92. The number of hydrogen-bond acceptors (Lipinski definition) is 3. The molecule has 6 nitrogen and oxygen atoms in total. The van der Waals surface area contributed by atoms with E-state index in [4.69, 9.17) is 0 Å². The normalized spacial score (nSPS) is 19.6. The van der Waals surface area contributed by atoms with E-state index in [0.29, 0.717) is 12.1 Å². The molecule has 142 valence electrons. The third kappa shape index (κ3) is 4.84. The van der Waals surface area contributed by atoms with Gasteiger partial charge in [-0.25, -0.2) is 4.79 Å². The van der Waals surface area contributed by atoms with E-state index < -0.39 is 11.6 Å². The predicted octanol–water partition coefficient (Wildman–Crippen LogP) is 3.47. The molecule has 1 unspecified atom stereocenters. The summed E-state index contributed by atoms with van der Waals surface area (Å²) in [5, 5.41) is 5.48. The standard InChI is InChI=1S/C20H29N3O3/c1-4-6-7-8-13-20(3)18(25)23(19(26)22-20)14-17(24)21-16-11-9-15(5-2)10-12-16/h9-12H,4-8,13-14H2,1-3H3,(H,21,24)(H,22,26). The molecule has 1 fully saturated rings. The molecule has 0 aromatic heterocycles. The highest BCUT2D eigenvalue weighted by Crippen LogP contribution is 2.24. The predicted molar refractivity (Wildman–Crippen MR) is 102 cm³/mol. The third-order valence-electron chi connectivity index (χ3n) is 4.82. The largest absolute Gasteiger partial charge is 0.325 e. The number of hydrogen-bond donors (Lipinski definition) is 2. The lowest BCUT2D eigenvalue weighted by Crippen LogP contribution is -2.44. The fourth-order valence-corrected chi connectivity index (χ4v) is 3.13. The lowest BCUT2D eigenvalue weighted by Gasteiger charge is -2.21. The van der Waals surface area contributed by atoms with E-state index in [1.54, 1.807) is 6.92 Å². The van der Waals surface area contributed by atoms with Crippen molar-refractivity contribution in [3.8, 4) is 0 Å². The number of nitrogens with one attached hydrogen (secondary N) is 2. The highest BCUT2D eigenvalue weighted by atomic mass is 16.2. The molecule has 0 bridgehead atoms. The molecular weight excluding hydrogens is 330 g/mol. The number of amides is 4. The Morgan fingerprint density at radius 3 is 2.42 bits per heavy atom. The second-order valence-corrected chi connectivity index (χ2v) is 7.06. The van der Waals surface area contributed by atoms with Crippen LogP contribution in [0.5, 0.6) is 0 Å². The van der Waals surface area contributed by atoms with Crippen LogP contribution in [0.4, 0.5) is 10.5 Å². The van der Waals surface area contributed by atoms with Crippen molar-refractivity contribution in [1.29, 1.82) is 0 Å². The van der Waals surface area contributed by atoms with E-state index in [0.717, 1.165) is 37.0 Å². The minimum absolute atomic E-state index is 0.273. The van der Waals surface area contributed by atoms with Crippen molar-refractivity contribution in [2.45, 2.75) is 64.8 Å². The number of imide groups is 1. The van der Waals surface area contributed by atoms with Gasteiger partial charge < -0.3 is 10.6 Å². The number of rotatable bonds is 9. The summed E-state index contributed by atoms with van der Waals surface area (Å²) in [5.41, 5.74) is 0.922. The van der Waals surface area contributed by atoms with Crippen molar-refractivity contribution in [3.63, 3.8) is 0 Å². The number of aryl methyl sites for hydroxylation is 1. The van der Waals surface area contributed by atoms with E-state index >= 15 is 0 Å². The lowest BCUT2D eigenvalue weighted by atomic mass is 9.94. The average molecular weight is 359 g/mol. The van der Waals surface area contributed by atoms with Crippen LogP contribution in [0.1, 0.15) is 58.4 Å². The zero-order valence-corrected chi connectivity index (χ0v) is 15.9. The van der Waals surface area contributed by atoms with Crippen LogP contribution in [0.15, 0.2) is 24.3 Å². The molecule has 1 atom stereocenters. The monoisotopic (exact) mass is 359 g/mol. The highest BCUT2D eigenvalue weighted by molar-refractivity contribution is 6.09. The van der Waals surface area contributed by atoms with Gasteiger partial charge in [-0.1, -0.05) is 51.7 Å². The van der Waals surface area contributed by atoms with Crippen molar-refractivity contribution >= 4 is 23.5 Å². The van der Waals surface area contributed by atoms with Crippen LogP contribution >= 0.6 is 0 Å². The van der Waals surface area contributed by atoms with Gasteiger partial charge in [-0.05, 0) is 37.5 Å². The molecule has 4 amide bonds. The minimum atomic E-state index is -0.909. The molecule has 0 spiro atoms. The Kier molecular flexibility index (Phi) is 6.77. The molecule has 1 aliphatic rings. The Hall–Kier alpha value is -2.37. The summed E-state index contributed by atoms with van der Waals surface area (Å²) in [6.45, 7) is 5.65. The summed E-state index contributed by atoms with van der Waals surface area (Å²) < 4.78 is 0. The summed E-state index contributed by atoms with van der Waals surface area (Å²) in [7, 11) is 0. The topological polar surface area (TPSA) is 78.5 Å². The molecule has 1 aromatic carbocycles. The number of unbranched alkanes of at least 4 members (excludes halogenated alkanes) is 3. The number of carbonyl (C=O) groups excluding carboxylic acids is 3. The fraction of sp³-hybridized carbons (Fsp3) is 0.550. The van der Waals surface area contributed by atoms with Crippen LogP contribution in [-0.2, 0) is 16.0 Å². The Bertz CT molecular complexity index is 657. The molecule has 1 saturated heterocycles. The van der Waals surface area contributed by atoms with E-state index in [-0.39, 0.29) is 18.4 Å². The zero-order valence-electron chi connectivity index (χ0n) is 15.9. The van der Waals surface area contributed by atoms with Crippen LogP contribution < -0.4 is 10.6 Å². The number of carbonyl (C=O) groups is 3. The highest BCUT2D eigenvalue weighted by Gasteiger charge is 2.47. The minimum Gasteiger partial charge on any atom is -0.325 e. The number of benzene rings is 1. The molecule has 0 aliphatic carbocycles. The smallest absolute Gasteiger partial charge is 0.325 e. The SMILES string of the molecule is CCCCCCC1(C)NC(=O)N(CC(=O)Nc2ccc(CC)cc2)C1=O. The van der Waals surface area contributed by atoms with Gasteiger partial charge >= 0.3 is 6.03 Å². The van der Waals surface area contributed by atoms with Crippen LogP contribution in [0.3, 0.4) is 0 Å². The van der Waals surface area contributed by atoms with Gasteiger partial charge in [0.25, 0.3) is 5.91 Å². The number of anilines is 1. The van der Waals surface area contributed by atoms with Crippen molar-refractivity contribution in [1.82, 2.24) is 10.2 Å². The first-order chi connectivity index (χ1) is 12.4. The van der Waals surface area contributed by atoms with E-state index in [1.807, 2.05) is 24.3 Å². The molecule has 2 N–H and O–H groups in total. The Morgan fingerprint density at radius 1 is 1.12 bits per heavy atom. The van der Waals surface area contributed by atoms with Crippen LogP contribution in [0.25, 0.3) is 0 Å². The van der Waals surface area contributed by atoms with Gasteiger partial charge in [-0.2, -0.15) is 0 Å². The molecule has 0 saturated carbocycles. The van der Waals surface area contributed by atoms with Gasteiger partial charge in [0.1, 0.15) is 12.1 Å². The van der Waals surface area contributed by atoms with Gasteiger partial charge in [-0.15, -0.1) is 0 Å². The van der Waals surface area contributed by atoms with Crippen LogP contribution in [0.2, 0.25) is 0 Å². The Morgan fingerprint density at radius 2 is 1.81 bits per heavy atom. The van der Waals surface area contributed by atoms with Crippen LogP contribution in [-0.4, -0.2) is 34.8 Å². The van der Waals surface area contributed by atoms with E-state index in [9.17, 15) is 14.4 Å². The zero-order chi connectivity index (χ0) is 19.2. The molecular formula is C20H29N3O3. The number of nitrogens with zero attached hydrogens (tertiary/aromatic N) is 1. The Labute approximate surface area is 155 Å².